The zero-order chi connectivity index (χ0) is 5.98. The average molecular weight is 115 g/mol. The van der Waals surface area contributed by atoms with E-state index in [9.17, 15) is 4.79 Å². The van der Waals surface area contributed by atoms with Crippen molar-refractivity contribution in [3.63, 3.8) is 0 Å². The van der Waals surface area contributed by atoms with Gasteiger partial charge in [0.05, 0.1) is 0 Å². The minimum absolute atomic E-state index is 0. The highest BCUT2D eigenvalue weighted by atomic mass is 16.1. The van der Waals surface area contributed by atoms with E-state index in [0.717, 1.165) is 19.4 Å². The van der Waals surface area contributed by atoms with E-state index in [2.05, 4.69) is 12.2 Å². The lowest BCUT2D eigenvalue weighted by Gasteiger charge is -1.97. The molecule has 0 aliphatic carbocycles. The van der Waals surface area contributed by atoms with Crippen LogP contribution in [-0.2, 0) is 4.79 Å². The van der Waals surface area contributed by atoms with Crippen LogP contribution in [0.25, 0.3) is 0 Å². The minimum atomic E-state index is 0. The minimum Gasteiger partial charge on any atom is -0.356 e. The first-order valence-corrected chi connectivity index (χ1v) is 3.09. The van der Waals surface area contributed by atoms with Crippen LogP contribution in [0.1, 0.15) is 21.2 Å². The monoisotopic (exact) mass is 115 g/mol. The predicted molar refractivity (Wildman–Crippen MR) is 33.5 cm³/mol. The van der Waals surface area contributed by atoms with Crippen molar-refractivity contribution in [1.29, 1.82) is 0 Å². The van der Waals surface area contributed by atoms with E-state index in [-0.39, 0.29) is 7.33 Å². The largest absolute Gasteiger partial charge is 0.356 e. The van der Waals surface area contributed by atoms with Crippen LogP contribution in [-0.4, -0.2) is 12.5 Å². The smallest absolute Gasteiger partial charge is 0.220 e. The quantitative estimate of drug-likeness (QED) is 0.537. The standard InChI is InChI=1S/C6H11NO.H2/c1-2-5-3-6(8)7-4-5;/h5H,2-4H2,1H3,(H,7,8);1H. The fourth-order valence-electron chi connectivity index (χ4n) is 0.953. The number of nitrogens with one attached hydrogen (secondary N) is 1. The summed E-state index contributed by atoms with van der Waals surface area (Å²) >= 11 is 0. The molecule has 0 saturated carbocycles. The summed E-state index contributed by atoms with van der Waals surface area (Å²) in [5, 5.41) is 2.78. The Hall–Kier alpha value is -0.530. The van der Waals surface area contributed by atoms with Gasteiger partial charge in [-0.15, -0.1) is 0 Å². The number of hydrogen-bond donors (Lipinski definition) is 1. The van der Waals surface area contributed by atoms with Gasteiger partial charge in [0.1, 0.15) is 0 Å². The predicted octanol–water partition coefficient (Wildman–Crippen LogP) is 0.778. The molecule has 0 aromatic rings. The number of amides is 1. The van der Waals surface area contributed by atoms with Crippen LogP contribution >= 0.6 is 0 Å². The van der Waals surface area contributed by atoms with E-state index in [0.29, 0.717) is 5.92 Å². The molecule has 1 aliphatic rings. The molecular formula is C6H13NO. The second-order valence-electron chi connectivity index (χ2n) is 2.28. The molecule has 0 spiro atoms. The highest BCUT2D eigenvalue weighted by molar-refractivity contribution is 5.78. The third kappa shape index (κ3) is 0.997. The summed E-state index contributed by atoms with van der Waals surface area (Å²) < 4.78 is 0. The molecule has 8 heavy (non-hydrogen) atoms. The molecule has 48 valence electrons. The van der Waals surface area contributed by atoms with Crippen molar-refractivity contribution in [2.24, 2.45) is 5.92 Å². The number of hydrogen-bond acceptors (Lipinski definition) is 1. The molecule has 1 fully saturated rings. The fraction of sp³-hybridized carbons (Fsp3) is 0.833. The highest BCUT2D eigenvalue weighted by Crippen LogP contribution is 2.11. The molecule has 0 aromatic carbocycles. The van der Waals surface area contributed by atoms with Crippen LogP contribution < -0.4 is 5.32 Å². The molecule has 1 saturated heterocycles. The Kier molecular flexibility index (Phi) is 1.51. The number of rotatable bonds is 1. The Bertz CT molecular complexity index is 105. The van der Waals surface area contributed by atoms with Gasteiger partial charge in [0.2, 0.25) is 5.91 Å². The van der Waals surface area contributed by atoms with E-state index < -0.39 is 0 Å². The number of carbonyl (C=O) groups excluding carboxylic acids is 1. The zero-order valence-electron chi connectivity index (χ0n) is 5.11. The highest BCUT2D eigenvalue weighted by Gasteiger charge is 2.18. The fourth-order valence-corrected chi connectivity index (χ4v) is 0.953. The Balaban J connectivity index is 0.000000640. The molecule has 1 atom stereocenters. The summed E-state index contributed by atoms with van der Waals surface area (Å²) in [6.07, 6.45) is 1.87. The molecule has 1 unspecified atom stereocenters. The summed E-state index contributed by atoms with van der Waals surface area (Å²) in [5.74, 6) is 0.833. The SMILES string of the molecule is CCC1CNC(=O)C1.[HH]. The van der Waals surface area contributed by atoms with Crippen LogP contribution in [0.15, 0.2) is 0 Å². The average Bonchev–Trinajstić information content (AvgIpc) is 2.14. The van der Waals surface area contributed by atoms with Gasteiger partial charge in [0.15, 0.2) is 0 Å². The second-order valence-corrected chi connectivity index (χ2v) is 2.28. The molecule has 1 rings (SSSR count). The van der Waals surface area contributed by atoms with Gasteiger partial charge >= 0.3 is 0 Å². The van der Waals surface area contributed by atoms with Gasteiger partial charge in [-0.3, -0.25) is 4.79 Å². The van der Waals surface area contributed by atoms with E-state index in [1.165, 1.54) is 0 Å². The van der Waals surface area contributed by atoms with Gasteiger partial charge in [-0.1, -0.05) is 13.3 Å². The first-order chi connectivity index (χ1) is 3.83. The third-order valence-electron chi connectivity index (χ3n) is 1.64. The molecule has 1 aliphatic heterocycles. The van der Waals surface area contributed by atoms with Crippen molar-refractivity contribution in [2.75, 3.05) is 6.54 Å². The first-order valence-electron chi connectivity index (χ1n) is 3.09. The lowest BCUT2D eigenvalue weighted by molar-refractivity contribution is -0.119. The van der Waals surface area contributed by atoms with E-state index >= 15 is 0 Å². The Labute approximate surface area is 50.8 Å². The molecule has 0 bridgehead atoms. The maximum Gasteiger partial charge on any atom is 0.220 e. The third-order valence-corrected chi connectivity index (χ3v) is 1.64. The lowest BCUT2D eigenvalue weighted by atomic mass is 10.1. The van der Waals surface area contributed by atoms with Gasteiger partial charge in [-0.05, 0) is 5.92 Å². The van der Waals surface area contributed by atoms with Crippen molar-refractivity contribution >= 4 is 5.91 Å². The Morgan fingerprint density at radius 3 is 3.00 bits per heavy atom. The topological polar surface area (TPSA) is 29.1 Å². The summed E-state index contributed by atoms with van der Waals surface area (Å²) in [6.45, 7) is 3.01. The maximum atomic E-state index is 10.5. The molecule has 1 N–H and O–H groups in total. The first kappa shape index (κ1) is 5.60. The van der Waals surface area contributed by atoms with Crippen LogP contribution in [0.5, 0.6) is 0 Å². The summed E-state index contributed by atoms with van der Waals surface area (Å²) in [5.41, 5.74) is 0. The van der Waals surface area contributed by atoms with Crippen LogP contribution in [0.2, 0.25) is 0 Å². The molecular weight excluding hydrogens is 102 g/mol. The van der Waals surface area contributed by atoms with Crippen molar-refractivity contribution < 1.29 is 6.22 Å². The van der Waals surface area contributed by atoms with Gasteiger partial charge < -0.3 is 5.32 Å². The molecule has 1 amide bonds. The van der Waals surface area contributed by atoms with E-state index in [4.69, 9.17) is 0 Å². The molecule has 1 heterocycles. The summed E-state index contributed by atoms with van der Waals surface area (Å²) in [6, 6.07) is 0. The van der Waals surface area contributed by atoms with Crippen LogP contribution in [0.4, 0.5) is 0 Å². The van der Waals surface area contributed by atoms with Crippen molar-refractivity contribution in [3.8, 4) is 0 Å². The van der Waals surface area contributed by atoms with Gasteiger partial charge in [-0.25, -0.2) is 0 Å². The van der Waals surface area contributed by atoms with Crippen molar-refractivity contribution in [3.05, 3.63) is 0 Å². The van der Waals surface area contributed by atoms with Gasteiger partial charge in [0, 0.05) is 14.4 Å². The van der Waals surface area contributed by atoms with Crippen molar-refractivity contribution in [1.82, 2.24) is 5.32 Å². The second kappa shape index (κ2) is 2.16. The van der Waals surface area contributed by atoms with E-state index in [1.54, 1.807) is 0 Å². The zero-order valence-corrected chi connectivity index (χ0v) is 5.11. The van der Waals surface area contributed by atoms with Gasteiger partial charge in [-0.2, -0.15) is 0 Å². The Morgan fingerprint density at radius 2 is 2.75 bits per heavy atom. The molecule has 2 nitrogen and oxygen atoms in total. The summed E-state index contributed by atoms with van der Waals surface area (Å²) in [4.78, 5) is 10.5. The van der Waals surface area contributed by atoms with E-state index in [1.807, 2.05) is 0 Å². The van der Waals surface area contributed by atoms with Crippen LogP contribution in [0, 0.1) is 5.92 Å². The van der Waals surface area contributed by atoms with Crippen molar-refractivity contribution in [2.45, 2.75) is 19.8 Å². The van der Waals surface area contributed by atoms with Crippen LogP contribution in [0.3, 0.4) is 0 Å². The number of carbonyl (C=O) groups is 1. The molecule has 0 radical (unpaired) electrons. The maximum absolute atomic E-state index is 10.5. The normalized spacial score (nSPS) is 28.1. The lowest BCUT2D eigenvalue weighted by Crippen LogP contribution is -2.13. The Morgan fingerprint density at radius 1 is 2.00 bits per heavy atom. The molecule has 2 heteroatoms. The van der Waals surface area contributed by atoms with Gasteiger partial charge in [0.25, 0.3) is 0 Å². The summed E-state index contributed by atoms with van der Waals surface area (Å²) in [7, 11) is 0. The molecule has 0 aromatic heterocycles.